The van der Waals surface area contributed by atoms with Crippen LogP contribution < -0.4 is 10.5 Å². The topological polar surface area (TPSA) is 55.5 Å². The Morgan fingerprint density at radius 2 is 1.90 bits per heavy atom. The number of rotatable bonds is 5. The zero-order chi connectivity index (χ0) is 15.5. The summed E-state index contributed by atoms with van der Waals surface area (Å²) in [7, 11) is 0. The van der Waals surface area contributed by atoms with Crippen LogP contribution in [0, 0.1) is 0 Å². The monoisotopic (exact) mass is 305 g/mol. The molecule has 2 rings (SSSR count). The van der Waals surface area contributed by atoms with Crippen LogP contribution in [0.15, 0.2) is 48.5 Å². The van der Waals surface area contributed by atoms with Crippen molar-refractivity contribution in [2.45, 2.75) is 25.5 Å². The van der Waals surface area contributed by atoms with Crippen molar-refractivity contribution < 1.29 is 9.84 Å². The number of hydrogen-bond donors (Lipinski definition) is 2. The van der Waals surface area contributed by atoms with Crippen molar-refractivity contribution in [2.75, 3.05) is 6.61 Å². The van der Waals surface area contributed by atoms with Crippen molar-refractivity contribution >= 4 is 11.6 Å². The third-order valence-corrected chi connectivity index (χ3v) is 3.68. The van der Waals surface area contributed by atoms with E-state index in [1.54, 1.807) is 19.1 Å². The van der Waals surface area contributed by atoms with Crippen molar-refractivity contribution in [3.05, 3.63) is 64.7 Å². The van der Waals surface area contributed by atoms with Crippen LogP contribution in [0.3, 0.4) is 0 Å². The molecule has 0 bridgehead atoms. The minimum Gasteiger partial charge on any atom is -0.489 e. The number of benzene rings is 2. The molecule has 0 amide bonds. The van der Waals surface area contributed by atoms with Gasteiger partial charge >= 0.3 is 0 Å². The highest BCUT2D eigenvalue weighted by molar-refractivity contribution is 6.32. The van der Waals surface area contributed by atoms with E-state index < -0.39 is 5.60 Å². The number of ether oxygens (including phenoxy) is 1. The van der Waals surface area contributed by atoms with E-state index in [9.17, 15) is 5.11 Å². The molecule has 21 heavy (non-hydrogen) atoms. The standard InChI is InChI=1S/C17H20ClNO2/c1-12(19)13-8-9-16(15(18)10-13)21-11-17(2,20)14-6-4-3-5-7-14/h3-10,12,20H,11,19H2,1-2H3/t12-,17?/m1/s1. The molecule has 0 saturated carbocycles. The number of aliphatic hydroxyl groups is 1. The lowest BCUT2D eigenvalue weighted by Crippen LogP contribution is -2.29. The summed E-state index contributed by atoms with van der Waals surface area (Å²) in [5.41, 5.74) is 6.48. The Morgan fingerprint density at radius 3 is 2.48 bits per heavy atom. The van der Waals surface area contributed by atoms with Gasteiger partial charge < -0.3 is 15.6 Å². The smallest absolute Gasteiger partial charge is 0.138 e. The molecule has 4 heteroatoms. The van der Waals surface area contributed by atoms with Crippen LogP contribution in [-0.2, 0) is 5.60 Å². The molecule has 0 aliphatic carbocycles. The molecule has 112 valence electrons. The quantitative estimate of drug-likeness (QED) is 0.886. The molecule has 0 aliphatic heterocycles. The van der Waals surface area contributed by atoms with Crippen LogP contribution >= 0.6 is 11.6 Å². The van der Waals surface area contributed by atoms with E-state index in [2.05, 4.69) is 0 Å². The van der Waals surface area contributed by atoms with Gasteiger partial charge in [-0.1, -0.05) is 48.0 Å². The maximum absolute atomic E-state index is 10.5. The Hall–Kier alpha value is -1.55. The molecule has 3 N–H and O–H groups in total. The molecular weight excluding hydrogens is 286 g/mol. The van der Waals surface area contributed by atoms with E-state index in [0.717, 1.165) is 11.1 Å². The SMILES string of the molecule is C[C@@H](N)c1ccc(OCC(C)(O)c2ccccc2)c(Cl)c1. The van der Waals surface area contributed by atoms with Gasteiger partial charge in [-0.15, -0.1) is 0 Å². The Kier molecular flexibility index (Phi) is 4.88. The fourth-order valence-electron chi connectivity index (χ4n) is 2.02. The maximum atomic E-state index is 10.5. The largest absolute Gasteiger partial charge is 0.489 e. The molecular formula is C17H20ClNO2. The number of hydrogen-bond acceptors (Lipinski definition) is 3. The van der Waals surface area contributed by atoms with Crippen molar-refractivity contribution in [1.29, 1.82) is 0 Å². The highest BCUT2D eigenvalue weighted by atomic mass is 35.5. The van der Waals surface area contributed by atoms with E-state index in [1.807, 2.05) is 43.3 Å². The van der Waals surface area contributed by atoms with Gasteiger partial charge in [0, 0.05) is 6.04 Å². The second-order valence-electron chi connectivity index (χ2n) is 5.41. The van der Waals surface area contributed by atoms with Gasteiger partial charge in [0.2, 0.25) is 0 Å². The van der Waals surface area contributed by atoms with Gasteiger partial charge in [0.25, 0.3) is 0 Å². The molecule has 0 fully saturated rings. The Labute approximate surface area is 130 Å². The first-order chi connectivity index (χ1) is 9.90. The van der Waals surface area contributed by atoms with Crippen molar-refractivity contribution in [1.82, 2.24) is 0 Å². The van der Waals surface area contributed by atoms with Crippen molar-refractivity contribution in [3.8, 4) is 5.75 Å². The van der Waals surface area contributed by atoms with Gasteiger partial charge in [0.05, 0.1) is 5.02 Å². The molecule has 3 nitrogen and oxygen atoms in total. The van der Waals surface area contributed by atoms with Gasteiger partial charge in [-0.2, -0.15) is 0 Å². The molecule has 0 heterocycles. The molecule has 2 atom stereocenters. The first-order valence-electron chi connectivity index (χ1n) is 6.86. The van der Waals surface area contributed by atoms with Crippen LogP contribution in [0.2, 0.25) is 5.02 Å². The third kappa shape index (κ3) is 3.97. The highest BCUT2D eigenvalue weighted by Crippen LogP contribution is 2.29. The second-order valence-corrected chi connectivity index (χ2v) is 5.81. The predicted molar refractivity (Wildman–Crippen MR) is 85.6 cm³/mol. The van der Waals surface area contributed by atoms with Crippen molar-refractivity contribution in [2.24, 2.45) is 5.73 Å². The first-order valence-corrected chi connectivity index (χ1v) is 7.23. The lowest BCUT2D eigenvalue weighted by molar-refractivity contribution is 0.00763. The Balaban J connectivity index is 2.09. The van der Waals surface area contributed by atoms with Gasteiger partial charge in [0.15, 0.2) is 0 Å². The zero-order valence-corrected chi connectivity index (χ0v) is 13.0. The molecule has 2 aromatic carbocycles. The first kappa shape index (κ1) is 15.8. The average molecular weight is 306 g/mol. The zero-order valence-electron chi connectivity index (χ0n) is 12.2. The molecule has 0 aromatic heterocycles. The summed E-state index contributed by atoms with van der Waals surface area (Å²) in [4.78, 5) is 0. The molecule has 0 radical (unpaired) electrons. The number of nitrogens with two attached hydrogens (primary N) is 1. The van der Waals surface area contributed by atoms with E-state index >= 15 is 0 Å². The normalized spacial score (nSPS) is 15.3. The second kappa shape index (κ2) is 6.48. The lowest BCUT2D eigenvalue weighted by atomic mass is 9.97. The molecule has 2 aromatic rings. The average Bonchev–Trinajstić information content (AvgIpc) is 2.46. The van der Waals surface area contributed by atoms with E-state index in [4.69, 9.17) is 22.1 Å². The Morgan fingerprint density at radius 1 is 1.24 bits per heavy atom. The van der Waals surface area contributed by atoms with E-state index in [0.29, 0.717) is 10.8 Å². The minimum atomic E-state index is -1.08. The molecule has 1 unspecified atom stereocenters. The van der Waals surface area contributed by atoms with Crippen LogP contribution in [0.25, 0.3) is 0 Å². The summed E-state index contributed by atoms with van der Waals surface area (Å²) in [5.74, 6) is 0.539. The van der Waals surface area contributed by atoms with Gasteiger partial charge in [-0.3, -0.25) is 0 Å². The van der Waals surface area contributed by atoms with E-state index in [1.165, 1.54) is 0 Å². The predicted octanol–water partition coefficient (Wildman–Crippen LogP) is 3.65. The Bertz CT molecular complexity index is 597. The minimum absolute atomic E-state index is 0.0797. The van der Waals surface area contributed by atoms with Gasteiger partial charge in [-0.25, -0.2) is 0 Å². The third-order valence-electron chi connectivity index (χ3n) is 3.39. The van der Waals surface area contributed by atoms with E-state index in [-0.39, 0.29) is 12.6 Å². The fraction of sp³-hybridized carbons (Fsp3) is 0.294. The van der Waals surface area contributed by atoms with Crippen LogP contribution in [0.5, 0.6) is 5.75 Å². The van der Waals surface area contributed by atoms with Crippen molar-refractivity contribution in [3.63, 3.8) is 0 Å². The van der Waals surface area contributed by atoms with Crippen LogP contribution in [0.1, 0.15) is 31.0 Å². The summed E-state index contributed by atoms with van der Waals surface area (Å²) >= 11 is 6.19. The molecule has 0 spiro atoms. The lowest BCUT2D eigenvalue weighted by Gasteiger charge is -2.24. The summed E-state index contributed by atoms with van der Waals surface area (Å²) in [6.45, 7) is 3.73. The summed E-state index contributed by atoms with van der Waals surface area (Å²) < 4.78 is 5.67. The maximum Gasteiger partial charge on any atom is 0.138 e. The number of halogens is 1. The van der Waals surface area contributed by atoms with Crippen LogP contribution in [0.4, 0.5) is 0 Å². The van der Waals surface area contributed by atoms with Crippen LogP contribution in [-0.4, -0.2) is 11.7 Å². The summed E-state index contributed by atoms with van der Waals surface area (Å²) in [5, 5.41) is 11.0. The molecule has 0 saturated heterocycles. The molecule has 0 aliphatic rings. The highest BCUT2D eigenvalue weighted by Gasteiger charge is 2.24. The summed E-state index contributed by atoms with van der Waals surface area (Å²) in [6, 6.07) is 14.8. The van der Waals surface area contributed by atoms with Gasteiger partial charge in [-0.05, 0) is 37.1 Å². The fourth-order valence-corrected chi connectivity index (χ4v) is 2.26. The summed E-state index contributed by atoms with van der Waals surface area (Å²) in [6.07, 6.45) is 0. The van der Waals surface area contributed by atoms with Gasteiger partial charge in [0.1, 0.15) is 18.0 Å².